The van der Waals surface area contributed by atoms with Crippen LogP contribution >= 0.6 is 0 Å². The van der Waals surface area contributed by atoms with Crippen LogP contribution < -0.4 is 5.32 Å². The third kappa shape index (κ3) is 2.58. The highest BCUT2D eigenvalue weighted by atomic mass is 16.6. The van der Waals surface area contributed by atoms with Gasteiger partial charge in [-0.2, -0.15) is 0 Å². The van der Waals surface area contributed by atoms with Gasteiger partial charge in [-0.15, -0.1) is 0 Å². The number of hydrogen-bond acceptors (Lipinski definition) is 4. The molecule has 2 rings (SSSR count). The third-order valence-electron chi connectivity index (χ3n) is 3.11. The number of benzene rings is 1. The Hall–Kier alpha value is -2.11. The standard InChI is InChI=1S/C12H14N2O4/c1-7(8-2-3-8)13-12(16)10-6-9(15)4-5-11(10)14(17)18/h4-8,15H,2-3H2,1H3,(H,13,16). The molecule has 1 saturated carbocycles. The lowest BCUT2D eigenvalue weighted by Crippen LogP contribution is -2.34. The normalized spacial score (nSPS) is 16.1. The summed E-state index contributed by atoms with van der Waals surface area (Å²) in [5.41, 5.74) is -0.402. The first kappa shape index (κ1) is 12.3. The summed E-state index contributed by atoms with van der Waals surface area (Å²) in [6, 6.07) is 3.44. The number of phenolic OH excluding ortho intramolecular Hbond substituents is 1. The van der Waals surface area contributed by atoms with Crippen LogP contribution in [0.1, 0.15) is 30.1 Å². The number of rotatable bonds is 4. The number of amides is 1. The molecule has 0 saturated heterocycles. The summed E-state index contributed by atoms with van der Waals surface area (Å²) < 4.78 is 0. The van der Waals surface area contributed by atoms with Crippen molar-refractivity contribution >= 4 is 11.6 Å². The SMILES string of the molecule is CC(NC(=O)c1cc(O)ccc1[N+](=O)[O-])C1CC1. The second-order valence-electron chi connectivity index (χ2n) is 4.56. The zero-order valence-electron chi connectivity index (χ0n) is 9.92. The number of nitro groups is 1. The number of hydrogen-bond donors (Lipinski definition) is 2. The van der Waals surface area contributed by atoms with Crippen molar-refractivity contribution < 1.29 is 14.8 Å². The van der Waals surface area contributed by atoms with Gasteiger partial charge in [0.15, 0.2) is 0 Å². The largest absolute Gasteiger partial charge is 0.508 e. The summed E-state index contributed by atoms with van der Waals surface area (Å²) in [5, 5.41) is 22.9. The minimum atomic E-state index is -0.629. The van der Waals surface area contributed by atoms with Gasteiger partial charge in [-0.25, -0.2) is 0 Å². The molecule has 18 heavy (non-hydrogen) atoms. The maximum Gasteiger partial charge on any atom is 0.282 e. The van der Waals surface area contributed by atoms with Crippen molar-refractivity contribution in [1.29, 1.82) is 0 Å². The van der Waals surface area contributed by atoms with Gasteiger partial charge >= 0.3 is 0 Å². The number of carbonyl (C=O) groups is 1. The molecule has 6 nitrogen and oxygen atoms in total. The Labute approximate surface area is 104 Å². The maximum absolute atomic E-state index is 11.9. The van der Waals surface area contributed by atoms with Gasteiger partial charge in [0, 0.05) is 12.1 Å². The van der Waals surface area contributed by atoms with Gasteiger partial charge in [-0.05, 0) is 37.8 Å². The van der Waals surface area contributed by atoms with Gasteiger partial charge in [0.25, 0.3) is 11.6 Å². The summed E-state index contributed by atoms with van der Waals surface area (Å²) >= 11 is 0. The summed E-state index contributed by atoms with van der Waals surface area (Å²) in [7, 11) is 0. The first-order chi connectivity index (χ1) is 8.49. The van der Waals surface area contributed by atoms with Crippen LogP contribution in [0.5, 0.6) is 5.75 Å². The lowest BCUT2D eigenvalue weighted by Gasteiger charge is -2.12. The summed E-state index contributed by atoms with van der Waals surface area (Å²) in [4.78, 5) is 22.1. The zero-order chi connectivity index (χ0) is 13.3. The molecule has 0 aliphatic heterocycles. The molecule has 2 N–H and O–H groups in total. The van der Waals surface area contributed by atoms with E-state index >= 15 is 0 Å². The molecular formula is C12H14N2O4. The van der Waals surface area contributed by atoms with Gasteiger partial charge in [-0.3, -0.25) is 14.9 Å². The highest BCUT2D eigenvalue weighted by Crippen LogP contribution is 2.32. The van der Waals surface area contributed by atoms with Crippen LogP contribution in [0.25, 0.3) is 0 Å². The van der Waals surface area contributed by atoms with E-state index in [9.17, 15) is 20.0 Å². The lowest BCUT2D eigenvalue weighted by atomic mass is 10.1. The predicted octanol–water partition coefficient (Wildman–Crippen LogP) is 1.83. The Morgan fingerprint density at radius 1 is 1.56 bits per heavy atom. The van der Waals surface area contributed by atoms with E-state index < -0.39 is 10.8 Å². The summed E-state index contributed by atoms with van der Waals surface area (Å²) in [6.45, 7) is 1.88. The van der Waals surface area contributed by atoms with Crippen molar-refractivity contribution in [2.24, 2.45) is 5.92 Å². The molecule has 0 spiro atoms. The Morgan fingerprint density at radius 3 is 2.78 bits per heavy atom. The van der Waals surface area contributed by atoms with Crippen LogP contribution in [0, 0.1) is 16.0 Å². The molecule has 1 aliphatic carbocycles. The van der Waals surface area contributed by atoms with Crippen molar-refractivity contribution in [2.45, 2.75) is 25.8 Å². The quantitative estimate of drug-likeness (QED) is 0.629. The predicted molar refractivity (Wildman–Crippen MR) is 64.4 cm³/mol. The fourth-order valence-electron chi connectivity index (χ4n) is 1.86. The number of nitro benzene ring substituents is 1. The van der Waals surface area contributed by atoms with Crippen molar-refractivity contribution in [1.82, 2.24) is 5.32 Å². The molecule has 1 amide bonds. The van der Waals surface area contributed by atoms with Crippen LogP contribution in [0.15, 0.2) is 18.2 Å². The van der Waals surface area contributed by atoms with E-state index in [2.05, 4.69) is 5.32 Å². The van der Waals surface area contributed by atoms with Crippen LogP contribution in [0.3, 0.4) is 0 Å². The number of aromatic hydroxyl groups is 1. The van der Waals surface area contributed by atoms with E-state index in [0.29, 0.717) is 5.92 Å². The number of carbonyl (C=O) groups excluding carboxylic acids is 1. The third-order valence-corrected chi connectivity index (χ3v) is 3.11. The second kappa shape index (κ2) is 4.64. The molecule has 1 atom stereocenters. The van der Waals surface area contributed by atoms with Crippen molar-refractivity contribution in [3.05, 3.63) is 33.9 Å². The molecule has 1 aliphatic rings. The molecule has 96 valence electrons. The van der Waals surface area contributed by atoms with Gasteiger partial charge in [-0.1, -0.05) is 0 Å². The van der Waals surface area contributed by atoms with Gasteiger partial charge in [0.05, 0.1) is 4.92 Å². The van der Waals surface area contributed by atoms with E-state index in [4.69, 9.17) is 0 Å². The van der Waals surface area contributed by atoms with Gasteiger partial charge in [0.1, 0.15) is 11.3 Å². The highest BCUT2D eigenvalue weighted by Gasteiger charge is 2.30. The highest BCUT2D eigenvalue weighted by molar-refractivity contribution is 5.98. The molecule has 1 aromatic carbocycles. The number of phenols is 1. The number of nitrogens with zero attached hydrogens (tertiary/aromatic N) is 1. The average molecular weight is 250 g/mol. The summed E-state index contributed by atoms with van der Waals surface area (Å²) in [5.74, 6) is -0.216. The van der Waals surface area contributed by atoms with E-state index in [-0.39, 0.29) is 23.0 Å². The van der Waals surface area contributed by atoms with Gasteiger partial charge in [0.2, 0.25) is 0 Å². The summed E-state index contributed by atoms with van der Waals surface area (Å²) in [6.07, 6.45) is 2.15. The van der Waals surface area contributed by atoms with E-state index in [1.54, 1.807) is 0 Å². The van der Waals surface area contributed by atoms with Crippen LogP contribution in [-0.4, -0.2) is 22.0 Å². The van der Waals surface area contributed by atoms with Crippen LogP contribution in [-0.2, 0) is 0 Å². The van der Waals surface area contributed by atoms with Gasteiger partial charge < -0.3 is 10.4 Å². The van der Waals surface area contributed by atoms with Crippen LogP contribution in [0.2, 0.25) is 0 Å². The monoisotopic (exact) mass is 250 g/mol. The average Bonchev–Trinajstić information content (AvgIpc) is 3.11. The smallest absolute Gasteiger partial charge is 0.282 e. The Bertz CT molecular complexity index is 497. The molecule has 1 unspecified atom stereocenters. The lowest BCUT2D eigenvalue weighted by molar-refractivity contribution is -0.385. The minimum Gasteiger partial charge on any atom is -0.508 e. The molecule has 0 radical (unpaired) electrons. The fraction of sp³-hybridized carbons (Fsp3) is 0.417. The molecule has 1 fully saturated rings. The molecule has 0 heterocycles. The molecule has 0 aromatic heterocycles. The number of nitrogens with one attached hydrogen (secondary N) is 1. The second-order valence-corrected chi connectivity index (χ2v) is 4.56. The van der Waals surface area contributed by atoms with E-state index in [1.165, 1.54) is 6.07 Å². The first-order valence-corrected chi connectivity index (χ1v) is 5.77. The molecule has 0 bridgehead atoms. The Kier molecular flexibility index (Phi) is 3.18. The van der Waals surface area contributed by atoms with E-state index in [0.717, 1.165) is 25.0 Å². The fourth-order valence-corrected chi connectivity index (χ4v) is 1.86. The first-order valence-electron chi connectivity index (χ1n) is 5.77. The van der Waals surface area contributed by atoms with Crippen molar-refractivity contribution in [2.75, 3.05) is 0 Å². The molecular weight excluding hydrogens is 236 g/mol. The topological polar surface area (TPSA) is 92.5 Å². The van der Waals surface area contributed by atoms with Crippen LogP contribution in [0.4, 0.5) is 5.69 Å². The maximum atomic E-state index is 11.9. The zero-order valence-corrected chi connectivity index (χ0v) is 9.92. The molecule has 1 aromatic rings. The molecule has 6 heteroatoms. The minimum absolute atomic E-state index is 0.000506. The van der Waals surface area contributed by atoms with E-state index in [1.807, 2.05) is 6.92 Å². The van der Waals surface area contributed by atoms with Crippen molar-refractivity contribution in [3.63, 3.8) is 0 Å². The Balaban J connectivity index is 2.22. The van der Waals surface area contributed by atoms with Crippen molar-refractivity contribution in [3.8, 4) is 5.75 Å². The Morgan fingerprint density at radius 2 is 2.22 bits per heavy atom.